The number of likely N-dealkylation sites (N-methyl/N-ethyl adjacent to an activating group) is 1. The van der Waals surface area contributed by atoms with E-state index in [2.05, 4.69) is 33.8 Å². The summed E-state index contributed by atoms with van der Waals surface area (Å²) in [5.41, 5.74) is 3.96. The first-order chi connectivity index (χ1) is 17.5. The first kappa shape index (κ1) is 24.0. The smallest absolute Gasteiger partial charge is 0.247 e. The van der Waals surface area contributed by atoms with Gasteiger partial charge in [-0.3, -0.25) is 14.4 Å². The first-order valence-electron chi connectivity index (χ1n) is 12.5. The summed E-state index contributed by atoms with van der Waals surface area (Å²) < 4.78 is 0. The van der Waals surface area contributed by atoms with E-state index in [1.807, 2.05) is 35.2 Å². The molecule has 0 unspecified atom stereocenters. The molecule has 3 amide bonds. The van der Waals surface area contributed by atoms with E-state index in [1.54, 1.807) is 18.9 Å². The fourth-order valence-corrected chi connectivity index (χ4v) is 5.36. The summed E-state index contributed by atoms with van der Waals surface area (Å²) >= 11 is 0. The zero-order chi connectivity index (χ0) is 25.2. The average Bonchev–Trinajstić information content (AvgIpc) is 3.53. The maximum absolute atomic E-state index is 13.9. The number of nitrogens with one attached hydrogen (secondary N) is 3. The Hall–Kier alpha value is -3.72. The van der Waals surface area contributed by atoms with E-state index in [-0.39, 0.29) is 30.4 Å². The molecule has 0 aliphatic carbocycles. The average molecular weight is 489 g/mol. The molecule has 1 aromatic heterocycles. The Labute approximate surface area is 210 Å². The summed E-state index contributed by atoms with van der Waals surface area (Å²) in [6, 6.07) is 14.7. The predicted molar refractivity (Wildman–Crippen MR) is 137 cm³/mol. The first-order valence-corrected chi connectivity index (χ1v) is 12.5. The number of rotatable bonds is 6. The zero-order valence-electron chi connectivity index (χ0n) is 20.6. The second-order valence-corrected chi connectivity index (χ2v) is 9.64. The Morgan fingerprint density at radius 2 is 1.94 bits per heavy atom. The molecule has 0 saturated carbocycles. The third-order valence-corrected chi connectivity index (χ3v) is 7.45. The molecular formula is C27H32N6O3. The van der Waals surface area contributed by atoms with Gasteiger partial charge in [-0.15, -0.1) is 0 Å². The van der Waals surface area contributed by atoms with Crippen LogP contribution >= 0.6 is 0 Å². The number of hydrogen-bond donors (Lipinski definition) is 3. The minimum atomic E-state index is -0.814. The lowest BCUT2D eigenvalue weighted by Gasteiger charge is -2.37. The third kappa shape index (κ3) is 4.46. The number of carbonyl (C=O) groups is 3. The molecule has 2 fully saturated rings. The molecule has 9 heteroatoms. The Kier molecular flexibility index (Phi) is 6.73. The van der Waals surface area contributed by atoms with E-state index in [4.69, 9.17) is 4.98 Å². The van der Waals surface area contributed by atoms with Crippen molar-refractivity contribution in [3.05, 3.63) is 54.4 Å². The number of amides is 3. The molecule has 2 aliphatic rings. The van der Waals surface area contributed by atoms with Crippen molar-refractivity contribution in [2.24, 2.45) is 0 Å². The van der Waals surface area contributed by atoms with Gasteiger partial charge < -0.3 is 25.4 Å². The topological polar surface area (TPSA) is 110 Å². The van der Waals surface area contributed by atoms with Gasteiger partial charge in [0.05, 0.1) is 23.1 Å². The van der Waals surface area contributed by atoms with Crippen molar-refractivity contribution in [2.75, 3.05) is 20.1 Å². The van der Waals surface area contributed by atoms with Crippen LogP contribution in [0.1, 0.15) is 38.1 Å². The lowest BCUT2D eigenvalue weighted by molar-refractivity contribution is -0.142. The Balaban J connectivity index is 1.48. The number of hydrogen-bond acceptors (Lipinski definition) is 5. The minimum Gasteiger partial charge on any atom is -0.343 e. The van der Waals surface area contributed by atoms with Gasteiger partial charge in [-0.2, -0.15) is 0 Å². The van der Waals surface area contributed by atoms with Gasteiger partial charge in [0.1, 0.15) is 11.9 Å². The standard InChI is InChI=1S/C27H32N6O3/c1-17(28-2)26(35)30-22-15-32(16-34)14-13-19-11-12-23(33(19)27(22)36)25-29-21-10-6-9-20(24(21)31-25)18-7-4-3-5-8-18/h3-10,16-17,19,22-23,28H,11-15H2,1-2H3,(H,29,31)(H,30,35)/t17-,19+,22-,23-/m0/s1. The van der Waals surface area contributed by atoms with Crippen molar-refractivity contribution < 1.29 is 14.4 Å². The molecule has 3 N–H and O–H groups in total. The van der Waals surface area contributed by atoms with E-state index >= 15 is 0 Å². The van der Waals surface area contributed by atoms with Crippen LogP contribution in [0.4, 0.5) is 0 Å². The van der Waals surface area contributed by atoms with Crippen LogP contribution in [0.2, 0.25) is 0 Å². The van der Waals surface area contributed by atoms with Crippen LogP contribution in [0.3, 0.4) is 0 Å². The number of aromatic nitrogens is 2. The highest BCUT2D eigenvalue weighted by Crippen LogP contribution is 2.39. The second kappa shape index (κ2) is 10.1. The van der Waals surface area contributed by atoms with Gasteiger partial charge in [-0.25, -0.2) is 4.98 Å². The van der Waals surface area contributed by atoms with Crippen molar-refractivity contribution in [3.8, 4) is 11.1 Å². The second-order valence-electron chi connectivity index (χ2n) is 9.64. The van der Waals surface area contributed by atoms with Gasteiger partial charge in [0, 0.05) is 24.7 Å². The summed E-state index contributed by atoms with van der Waals surface area (Å²) in [6.07, 6.45) is 3.05. The summed E-state index contributed by atoms with van der Waals surface area (Å²) in [5, 5.41) is 5.77. The highest BCUT2D eigenvalue weighted by molar-refractivity contribution is 5.93. The number of fused-ring (bicyclic) bond motifs is 2. The van der Waals surface area contributed by atoms with Crippen molar-refractivity contribution in [1.82, 2.24) is 30.4 Å². The van der Waals surface area contributed by atoms with E-state index in [9.17, 15) is 14.4 Å². The number of nitrogens with zero attached hydrogens (tertiary/aromatic N) is 3. The van der Waals surface area contributed by atoms with Crippen molar-refractivity contribution in [3.63, 3.8) is 0 Å². The largest absolute Gasteiger partial charge is 0.343 e. The quantitative estimate of drug-likeness (QED) is 0.461. The molecule has 2 aromatic carbocycles. The van der Waals surface area contributed by atoms with Gasteiger partial charge in [-0.05, 0) is 44.9 Å². The fraction of sp³-hybridized carbons (Fsp3) is 0.407. The summed E-state index contributed by atoms with van der Waals surface area (Å²) in [4.78, 5) is 50.1. The lowest BCUT2D eigenvalue weighted by atomic mass is 10.0. The molecule has 3 aromatic rings. The Bertz CT molecular complexity index is 1260. The van der Waals surface area contributed by atoms with E-state index < -0.39 is 12.1 Å². The summed E-state index contributed by atoms with van der Waals surface area (Å²) in [5.74, 6) is 0.311. The predicted octanol–water partition coefficient (Wildman–Crippen LogP) is 2.22. The summed E-state index contributed by atoms with van der Waals surface area (Å²) in [6.45, 7) is 2.43. The molecule has 9 nitrogen and oxygen atoms in total. The minimum absolute atomic E-state index is 0.0202. The van der Waals surface area contributed by atoms with Gasteiger partial charge in [-0.1, -0.05) is 42.5 Å². The molecular weight excluding hydrogens is 456 g/mol. The summed E-state index contributed by atoms with van der Waals surface area (Å²) in [7, 11) is 1.69. The molecule has 3 heterocycles. The van der Waals surface area contributed by atoms with Crippen molar-refractivity contribution in [2.45, 2.75) is 50.4 Å². The normalized spacial score (nSPS) is 23.2. The van der Waals surface area contributed by atoms with E-state index in [1.165, 1.54) is 0 Å². The molecule has 36 heavy (non-hydrogen) atoms. The van der Waals surface area contributed by atoms with Gasteiger partial charge in [0.2, 0.25) is 18.2 Å². The van der Waals surface area contributed by atoms with Crippen LogP contribution in [0.15, 0.2) is 48.5 Å². The van der Waals surface area contributed by atoms with Crippen molar-refractivity contribution in [1.29, 1.82) is 0 Å². The number of benzene rings is 2. The molecule has 4 atom stereocenters. The van der Waals surface area contributed by atoms with Crippen LogP contribution in [0, 0.1) is 0 Å². The Morgan fingerprint density at radius 1 is 1.14 bits per heavy atom. The van der Waals surface area contributed by atoms with E-state index in [0.717, 1.165) is 47.2 Å². The maximum atomic E-state index is 13.9. The molecule has 5 rings (SSSR count). The Morgan fingerprint density at radius 3 is 2.69 bits per heavy atom. The molecule has 0 bridgehead atoms. The van der Waals surface area contributed by atoms with Crippen LogP contribution in [0.25, 0.3) is 22.2 Å². The van der Waals surface area contributed by atoms with Gasteiger partial charge >= 0.3 is 0 Å². The SMILES string of the molecule is CN[C@@H](C)C(=O)N[C@H]1CN(C=O)CC[C@H]2CC[C@@H](c3nc4cccc(-c5ccccc5)c4[nH]3)N2C1=O. The van der Waals surface area contributed by atoms with Crippen LogP contribution in [0.5, 0.6) is 0 Å². The highest BCUT2D eigenvalue weighted by Gasteiger charge is 2.44. The van der Waals surface area contributed by atoms with Gasteiger partial charge in [0.15, 0.2) is 0 Å². The number of imidazole rings is 1. The molecule has 2 aliphatic heterocycles. The van der Waals surface area contributed by atoms with Crippen LogP contribution in [-0.2, 0) is 14.4 Å². The third-order valence-electron chi connectivity index (χ3n) is 7.45. The fourth-order valence-electron chi connectivity index (χ4n) is 5.36. The van der Waals surface area contributed by atoms with Crippen molar-refractivity contribution >= 4 is 29.3 Å². The number of carbonyl (C=O) groups excluding carboxylic acids is 3. The molecule has 0 radical (unpaired) electrons. The molecule has 0 spiro atoms. The lowest BCUT2D eigenvalue weighted by Crippen LogP contribution is -2.59. The maximum Gasteiger partial charge on any atom is 0.247 e. The van der Waals surface area contributed by atoms with Gasteiger partial charge in [0.25, 0.3) is 0 Å². The highest BCUT2D eigenvalue weighted by atomic mass is 16.2. The number of aromatic amines is 1. The number of H-pyrrole nitrogens is 1. The molecule has 188 valence electrons. The monoisotopic (exact) mass is 488 g/mol. The van der Waals surface area contributed by atoms with Crippen LogP contribution in [-0.4, -0.2) is 76.3 Å². The van der Waals surface area contributed by atoms with E-state index in [0.29, 0.717) is 13.0 Å². The molecule has 2 saturated heterocycles. The number of para-hydroxylation sites is 1. The van der Waals surface area contributed by atoms with Crippen LogP contribution < -0.4 is 10.6 Å². The zero-order valence-corrected chi connectivity index (χ0v) is 20.6.